The zero-order valence-electron chi connectivity index (χ0n) is 13.0. The number of halogens is 3. The normalized spacial score (nSPS) is 11.5. The van der Waals surface area contributed by atoms with Gasteiger partial charge in [-0.25, -0.2) is 8.42 Å². The highest BCUT2D eigenvalue weighted by atomic mass is 32.2. The third-order valence-corrected chi connectivity index (χ3v) is 4.56. The Labute approximate surface area is 147 Å². The van der Waals surface area contributed by atoms with E-state index < -0.39 is 28.7 Å². The average Bonchev–Trinajstić information content (AvgIpc) is 2.58. The van der Waals surface area contributed by atoms with Crippen molar-refractivity contribution in [2.75, 3.05) is 11.3 Å². The molecule has 0 heterocycles. The number of nitriles is 1. The first-order valence-electron chi connectivity index (χ1n) is 7.09. The summed E-state index contributed by atoms with van der Waals surface area (Å²) < 4.78 is 63.5. The first kappa shape index (κ1) is 19.3. The molecule has 0 fully saturated rings. The highest BCUT2D eigenvalue weighted by Gasteiger charge is 2.28. The van der Waals surface area contributed by atoms with E-state index in [-0.39, 0.29) is 21.7 Å². The number of carbonyl (C=O) groups is 1. The number of rotatable bonds is 5. The Bertz CT molecular complexity index is 966. The van der Waals surface area contributed by atoms with Crippen molar-refractivity contribution in [1.82, 2.24) is 5.32 Å². The summed E-state index contributed by atoms with van der Waals surface area (Å²) in [7, 11) is -4.12. The molecule has 0 aliphatic heterocycles. The van der Waals surface area contributed by atoms with E-state index >= 15 is 0 Å². The Kier molecular flexibility index (Phi) is 5.52. The van der Waals surface area contributed by atoms with Gasteiger partial charge in [0.05, 0.1) is 5.56 Å². The second kappa shape index (κ2) is 7.45. The van der Waals surface area contributed by atoms with Gasteiger partial charge in [-0.05, 0) is 30.3 Å². The Morgan fingerprint density at radius 1 is 1.12 bits per heavy atom. The maximum Gasteiger partial charge on any atom is 0.405 e. The van der Waals surface area contributed by atoms with E-state index in [2.05, 4.69) is 4.72 Å². The SMILES string of the molecule is N#Cc1ccccc1S(=O)(=O)Nc1cccc(C(=O)NCC(F)(F)F)c1. The van der Waals surface area contributed by atoms with Gasteiger partial charge in [0.1, 0.15) is 17.5 Å². The van der Waals surface area contributed by atoms with E-state index in [1.54, 1.807) is 11.4 Å². The second-order valence-electron chi connectivity index (χ2n) is 5.09. The fourth-order valence-electron chi connectivity index (χ4n) is 2.01. The first-order valence-corrected chi connectivity index (χ1v) is 8.58. The summed E-state index contributed by atoms with van der Waals surface area (Å²) in [6.45, 7) is -1.50. The Hall–Kier alpha value is -3.06. The smallest absolute Gasteiger partial charge is 0.343 e. The predicted molar refractivity (Wildman–Crippen MR) is 86.8 cm³/mol. The molecule has 0 aliphatic rings. The summed E-state index contributed by atoms with van der Waals surface area (Å²) in [6, 6.07) is 12.2. The zero-order chi connectivity index (χ0) is 19.4. The molecule has 0 radical (unpaired) electrons. The lowest BCUT2D eigenvalue weighted by molar-refractivity contribution is -0.123. The van der Waals surface area contributed by atoms with Crippen molar-refractivity contribution < 1.29 is 26.4 Å². The lowest BCUT2D eigenvalue weighted by Crippen LogP contribution is -2.33. The van der Waals surface area contributed by atoms with E-state index in [1.807, 2.05) is 0 Å². The molecule has 2 rings (SSSR count). The number of nitrogens with zero attached hydrogens (tertiary/aromatic N) is 1. The summed E-state index contributed by atoms with van der Waals surface area (Å²) in [5.74, 6) is -0.999. The molecule has 0 spiro atoms. The molecule has 0 saturated heterocycles. The summed E-state index contributed by atoms with van der Waals surface area (Å²) in [6.07, 6.45) is -4.56. The molecule has 2 N–H and O–H groups in total. The van der Waals surface area contributed by atoms with Gasteiger partial charge in [0, 0.05) is 11.3 Å². The second-order valence-corrected chi connectivity index (χ2v) is 6.74. The van der Waals surface area contributed by atoms with Crippen LogP contribution in [0.1, 0.15) is 15.9 Å². The number of hydrogen-bond acceptors (Lipinski definition) is 4. The number of benzene rings is 2. The average molecular weight is 383 g/mol. The molecule has 26 heavy (non-hydrogen) atoms. The van der Waals surface area contributed by atoms with Crippen LogP contribution in [0.2, 0.25) is 0 Å². The van der Waals surface area contributed by atoms with Gasteiger partial charge in [0.15, 0.2) is 0 Å². The van der Waals surface area contributed by atoms with Crippen molar-refractivity contribution in [3.05, 3.63) is 59.7 Å². The highest BCUT2D eigenvalue weighted by Crippen LogP contribution is 2.20. The van der Waals surface area contributed by atoms with Gasteiger partial charge >= 0.3 is 6.18 Å². The van der Waals surface area contributed by atoms with Crippen LogP contribution in [0.25, 0.3) is 0 Å². The lowest BCUT2D eigenvalue weighted by atomic mass is 10.2. The number of sulfonamides is 1. The molecule has 6 nitrogen and oxygen atoms in total. The number of nitrogens with one attached hydrogen (secondary N) is 2. The third-order valence-electron chi connectivity index (χ3n) is 3.12. The van der Waals surface area contributed by atoms with Crippen LogP contribution >= 0.6 is 0 Å². The van der Waals surface area contributed by atoms with Gasteiger partial charge in [-0.2, -0.15) is 18.4 Å². The lowest BCUT2D eigenvalue weighted by Gasteiger charge is -2.11. The summed E-state index contributed by atoms with van der Waals surface area (Å²) >= 11 is 0. The monoisotopic (exact) mass is 383 g/mol. The van der Waals surface area contributed by atoms with Gasteiger partial charge in [-0.1, -0.05) is 18.2 Å². The molecule has 1 amide bonds. The van der Waals surface area contributed by atoms with Crippen LogP contribution in [-0.2, 0) is 10.0 Å². The van der Waals surface area contributed by atoms with Crippen molar-refractivity contribution in [2.24, 2.45) is 0 Å². The summed E-state index contributed by atoms with van der Waals surface area (Å²) in [4.78, 5) is 11.5. The van der Waals surface area contributed by atoms with Gasteiger partial charge in [-0.15, -0.1) is 0 Å². The minimum absolute atomic E-state index is 0.0302. The van der Waals surface area contributed by atoms with Crippen molar-refractivity contribution >= 4 is 21.6 Å². The largest absolute Gasteiger partial charge is 0.405 e. The van der Waals surface area contributed by atoms with Gasteiger partial charge < -0.3 is 5.32 Å². The molecule has 2 aromatic rings. The van der Waals surface area contributed by atoms with Crippen LogP contribution in [0.4, 0.5) is 18.9 Å². The van der Waals surface area contributed by atoms with Crippen LogP contribution in [-0.4, -0.2) is 27.0 Å². The van der Waals surface area contributed by atoms with Crippen molar-refractivity contribution in [1.29, 1.82) is 5.26 Å². The Balaban J connectivity index is 2.23. The topological polar surface area (TPSA) is 99.1 Å². The molecular weight excluding hydrogens is 371 g/mol. The van der Waals surface area contributed by atoms with E-state index in [0.29, 0.717) is 0 Å². The van der Waals surface area contributed by atoms with Gasteiger partial charge in [0.25, 0.3) is 15.9 Å². The van der Waals surface area contributed by atoms with Crippen LogP contribution in [0.15, 0.2) is 53.4 Å². The van der Waals surface area contributed by atoms with Crippen LogP contribution in [0, 0.1) is 11.3 Å². The van der Waals surface area contributed by atoms with E-state index in [1.165, 1.54) is 42.5 Å². The maximum absolute atomic E-state index is 12.4. The van der Waals surface area contributed by atoms with Crippen LogP contribution in [0.3, 0.4) is 0 Å². The van der Waals surface area contributed by atoms with E-state index in [4.69, 9.17) is 5.26 Å². The Morgan fingerprint density at radius 3 is 2.46 bits per heavy atom. The van der Waals surface area contributed by atoms with Crippen molar-refractivity contribution in [3.8, 4) is 6.07 Å². The van der Waals surface area contributed by atoms with Crippen molar-refractivity contribution in [2.45, 2.75) is 11.1 Å². The number of hydrogen-bond donors (Lipinski definition) is 2. The first-order chi connectivity index (χ1) is 12.1. The number of carbonyl (C=O) groups excluding carboxylic acids is 1. The minimum Gasteiger partial charge on any atom is -0.343 e. The molecule has 0 aliphatic carbocycles. The zero-order valence-corrected chi connectivity index (χ0v) is 13.9. The maximum atomic E-state index is 12.4. The molecule has 2 aromatic carbocycles. The fourth-order valence-corrected chi connectivity index (χ4v) is 3.22. The van der Waals surface area contributed by atoms with Crippen LogP contribution < -0.4 is 10.0 Å². The molecule has 0 unspecified atom stereocenters. The summed E-state index contributed by atoms with van der Waals surface area (Å²) in [5, 5.41) is 10.7. The summed E-state index contributed by atoms with van der Waals surface area (Å²) in [5.41, 5.74) is -0.250. The molecule has 10 heteroatoms. The van der Waals surface area contributed by atoms with Gasteiger partial charge in [0.2, 0.25) is 0 Å². The van der Waals surface area contributed by atoms with Gasteiger partial charge in [-0.3, -0.25) is 9.52 Å². The molecule has 0 saturated carbocycles. The Morgan fingerprint density at radius 2 is 1.81 bits per heavy atom. The van der Waals surface area contributed by atoms with Crippen molar-refractivity contribution in [3.63, 3.8) is 0 Å². The standard InChI is InChI=1S/C16H12F3N3O3S/c17-16(18,19)10-21-15(23)11-5-3-6-13(8-11)22-26(24,25)14-7-2-1-4-12(14)9-20/h1-8,22H,10H2,(H,21,23). The number of amides is 1. The van der Waals surface area contributed by atoms with E-state index in [0.717, 1.165) is 6.07 Å². The molecule has 0 bridgehead atoms. The predicted octanol–water partition coefficient (Wildman–Crippen LogP) is 2.65. The van der Waals surface area contributed by atoms with Crippen LogP contribution in [0.5, 0.6) is 0 Å². The minimum atomic E-state index is -4.56. The fraction of sp³-hybridized carbons (Fsp3) is 0.125. The highest BCUT2D eigenvalue weighted by molar-refractivity contribution is 7.92. The quantitative estimate of drug-likeness (QED) is 0.829. The molecule has 0 atom stereocenters. The molecule has 0 aromatic heterocycles. The molecular formula is C16H12F3N3O3S. The van der Waals surface area contributed by atoms with E-state index in [9.17, 15) is 26.4 Å². The third kappa shape index (κ3) is 4.97. The number of anilines is 1. The molecule has 136 valence electrons. The number of alkyl halides is 3.